The molecule has 2 amide bonds. The van der Waals surface area contributed by atoms with E-state index in [-0.39, 0.29) is 36.2 Å². The van der Waals surface area contributed by atoms with E-state index in [4.69, 9.17) is 0 Å². The molecule has 1 saturated heterocycles. The maximum Gasteiger partial charge on any atom is 0.227 e. The molecular weight excluding hydrogens is 304 g/mol. The lowest BCUT2D eigenvalue weighted by atomic mass is 10.0. The standard InChI is InChI=1S/C19H28N2O3/c1-4-15-5-7-17(8-6-15)21-12-16(10-18(21)23)19(24)20-11-13(2)9-14(3)22/h5-8,13-14,16,22H,4,9-12H2,1-3H3,(H,20,24). The molecule has 5 nitrogen and oxygen atoms in total. The van der Waals surface area contributed by atoms with Gasteiger partial charge in [0, 0.05) is 25.2 Å². The van der Waals surface area contributed by atoms with Crippen molar-refractivity contribution in [2.45, 2.75) is 46.1 Å². The highest BCUT2D eigenvalue weighted by Crippen LogP contribution is 2.25. The molecule has 1 heterocycles. The van der Waals surface area contributed by atoms with Crippen molar-refractivity contribution in [3.8, 4) is 0 Å². The van der Waals surface area contributed by atoms with E-state index in [1.165, 1.54) is 5.56 Å². The Morgan fingerprint density at radius 3 is 2.58 bits per heavy atom. The molecule has 0 bridgehead atoms. The molecule has 3 unspecified atom stereocenters. The fourth-order valence-electron chi connectivity index (χ4n) is 3.13. The van der Waals surface area contributed by atoms with Crippen LogP contribution < -0.4 is 10.2 Å². The minimum Gasteiger partial charge on any atom is -0.393 e. The quantitative estimate of drug-likeness (QED) is 0.803. The summed E-state index contributed by atoms with van der Waals surface area (Å²) in [4.78, 5) is 26.2. The van der Waals surface area contributed by atoms with E-state index in [9.17, 15) is 14.7 Å². The van der Waals surface area contributed by atoms with Gasteiger partial charge < -0.3 is 15.3 Å². The number of aliphatic hydroxyl groups is 1. The first-order chi connectivity index (χ1) is 11.4. The van der Waals surface area contributed by atoms with Gasteiger partial charge in [0.1, 0.15) is 0 Å². The number of aliphatic hydroxyl groups excluding tert-OH is 1. The summed E-state index contributed by atoms with van der Waals surface area (Å²) >= 11 is 0. The number of hydrogen-bond donors (Lipinski definition) is 2. The third-order valence-electron chi connectivity index (χ3n) is 4.52. The van der Waals surface area contributed by atoms with Crippen LogP contribution in [0.2, 0.25) is 0 Å². The molecule has 0 aliphatic carbocycles. The Kier molecular flexibility index (Phi) is 6.37. The normalized spacial score (nSPS) is 20.1. The summed E-state index contributed by atoms with van der Waals surface area (Å²) in [6.07, 6.45) is 1.50. The summed E-state index contributed by atoms with van der Waals surface area (Å²) in [7, 11) is 0. The number of anilines is 1. The van der Waals surface area contributed by atoms with E-state index >= 15 is 0 Å². The van der Waals surface area contributed by atoms with Gasteiger partial charge >= 0.3 is 0 Å². The molecule has 1 aliphatic rings. The van der Waals surface area contributed by atoms with Gasteiger partial charge in [0.25, 0.3) is 0 Å². The molecule has 2 rings (SSSR count). The predicted molar refractivity (Wildman–Crippen MR) is 94.8 cm³/mol. The van der Waals surface area contributed by atoms with Crippen LogP contribution in [-0.4, -0.2) is 36.1 Å². The fraction of sp³-hybridized carbons (Fsp3) is 0.579. The Morgan fingerprint density at radius 1 is 1.33 bits per heavy atom. The predicted octanol–water partition coefficient (Wildman–Crippen LogP) is 2.13. The van der Waals surface area contributed by atoms with Crippen LogP contribution in [0.15, 0.2) is 24.3 Å². The van der Waals surface area contributed by atoms with Crippen LogP contribution in [0.1, 0.15) is 39.2 Å². The van der Waals surface area contributed by atoms with Gasteiger partial charge in [0.15, 0.2) is 0 Å². The molecule has 1 fully saturated rings. The molecule has 5 heteroatoms. The molecule has 0 saturated carbocycles. The number of nitrogens with one attached hydrogen (secondary N) is 1. The van der Waals surface area contributed by atoms with Crippen LogP contribution in [0.3, 0.4) is 0 Å². The number of benzene rings is 1. The largest absolute Gasteiger partial charge is 0.393 e. The van der Waals surface area contributed by atoms with Crippen LogP contribution in [0.4, 0.5) is 5.69 Å². The minimum absolute atomic E-state index is 0.00331. The van der Waals surface area contributed by atoms with Crippen molar-refractivity contribution in [2.75, 3.05) is 18.0 Å². The zero-order chi connectivity index (χ0) is 17.7. The third kappa shape index (κ3) is 4.81. The Hall–Kier alpha value is -1.88. The SMILES string of the molecule is CCc1ccc(N2CC(C(=O)NCC(C)CC(C)O)CC2=O)cc1. The Labute approximate surface area is 144 Å². The fourth-order valence-corrected chi connectivity index (χ4v) is 3.13. The van der Waals surface area contributed by atoms with E-state index in [1.54, 1.807) is 11.8 Å². The summed E-state index contributed by atoms with van der Waals surface area (Å²) in [5.74, 6) is -0.171. The molecule has 3 atom stereocenters. The first kappa shape index (κ1) is 18.5. The number of aryl methyl sites for hydroxylation is 1. The lowest BCUT2D eigenvalue weighted by molar-refractivity contribution is -0.126. The van der Waals surface area contributed by atoms with Gasteiger partial charge in [-0.1, -0.05) is 26.0 Å². The zero-order valence-corrected chi connectivity index (χ0v) is 14.8. The third-order valence-corrected chi connectivity index (χ3v) is 4.52. The average Bonchev–Trinajstić information content (AvgIpc) is 2.94. The van der Waals surface area contributed by atoms with Gasteiger partial charge in [-0.15, -0.1) is 0 Å². The number of nitrogens with zero attached hydrogens (tertiary/aromatic N) is 1. The maximum atomic E-state index is 12.3. The smallest absolute Gasteiger partial charge is 0.227 e. The second-order valence-corrected chi connectivity index (χ2v) is 6.86. The second-order valence-electron chi connectivity index (χ2n) is 6.86. The highest BCUT2D eigenvalue weighted by atomic mass is 16.3. The molecule has 1 aliphatic heterocycles. The van der Waals surface area contributed by atoms with Crippen molar-refractivity contribution in [2.24, 2.45) is 11.8 Å². The minimum atomic E-state index is -0.369. The number of carbonyl (C=O) groups excluding carboxylic acids is 2. The number of carbonyl (C=O) groups is 2. The van der Waals surface area contributed by atoms with Crippen LogP contribution >= 0.6 is 0 Å². The average molecular weight is 332 g/mol. The first-order valence-electron chi connectivity index (χ1n) is 8.75. The first-order valence-corrected chi connectivity index (χ1v) is 8.75. The molecule has 2 N–H and O–H groups in total. The maximum absolute atomic E-state index is 12.3. The molecule has 0 spiro atoms. The molecular formula is C19H28N2O3. The molecule has 24 heavy (non-hydrogen) atoms. The van der Waals surface area contributed by atoms with Crippen LogP contribution in [0.25, 0.3) is 0 Å². The Morgan fingerprint density at radius 2 is 2.00 bits per heavy atom. The van der Waals surface area contributed by atoms with Gasteiger partial charge in [0.2, 0.25) is 11.8 Å². The van der Waals surface area contributed by atoms with Crippen LogP contribution in [0.5, 0.6) is 0 Å². The Bertz CT molecular complexity index is 568. The van der Waals surface area contributed by atoms with E-state index in [1.807, 2.05) is 31.2 Å². The van der Waals surface area contributed by atoms with Crippen molar-refractivity contribution < 1.29 is 14.7 Å². The number of hydrogen-bond acceptors (Lipinski definition) is 3. The van der Waals surface area contributed by atoms with Gasteiger partial charge in [-0.3, -0.25) is 9.59 Å². The number of rotatable bonds is 7. The van der Waals surface area contributed by atoms with Crippen LogP contribution in [0, 0.1) is 11.8 Å². The molecule has 0 radical (unpaired) electrons. The lowest BCUT2D eigenvalue weighted by Crippen LogP contribution is -2.36. The van der Waals surface area contributed by atoms with Crippen LogP contribution in [-0.2, 0) is 16.0 Å². The van der Waals surface area contributed by atoms with Gasteiger partial charge in [0.05, 0.1) is 12.0 Å². The second kappa shape index (κ2) is 8.29. The molecule has 132 valence electrons. The van der Waals surface area contributed by atoms with Crippen molar-refractivity contribution in [1.82, 2.24) is 5.32 Å². The highest BCUT2D eigenvalue weighted by Gasteiger charge is 2.35. The summed E-state index contributed by atoms with van der Waals surface area (Å²) in [5, 5.41) is 12.3. The highest BCUT2D eigenvalue weighted by molar-refractivity contribution is 6.00. The lowest BCUT2D eigenvalue weighted by Gasteiger charge is -2.18. The summed E-state index contributed by atoms with van der Waals surface area (Å²) in [5.41, 5.74) is 2.08. The topological polar surface area (TPSA) is 69.6 Å². The van der Waals surface area contributed by atoms with Gasteiger partial charge in [-0.25, -0.2) is 0 Å². The van der Waals surface area contributed by atoms with Crippen molar-refractivity contribution >= 4 is 17.5 Å². The van der Waals surface area contributed by atoms with E-state index in [2.05, 4.69) is 12.2 Å². The van der Waals surface area contributed by atoms with Crippen molar-refractivity contribution in [3.63, 3.8) is 0 Å². The number of amides is 2. The summed E-state index contributed by atoms with van der Waals surface area (Å²) in [6, 6.07) is 7.94. The Balaban J connectivity index is 1.89. The zero-order valence-electron chi connectivity index (χ0n) is 14.8. The van der Waals surface area contributed by atoms with Gasteiger partial charge in [-0.2, -0.15) is 0 Å². The van der Waals surface area contributed by atoms with E-state index in [0.717, 1.165) is 12.1 Å². The summed E-state index contributed by atoms with van der Waals surface area (Å²) < 4.78 is 0. The van der Waals surface area contributed by atoms with E-state index < -0.39 is 0 Å². The van der Waals surface area contributed by atoms with Crippen molar-refractivity contribution in [3.05, 3.63) is 29.8 Å². The monoisotopic (exact) mass is 332 g/mol. The summed E-state index contributed by atoms with van der Waals surface area (Å²) in [6.45, 7) is 6.79. The van der Waals surface area contributed by atoms with Gasteiger partial charge in [-0.05, 0) is 43.4 Å². The van der Waals surface area contributed by atoms with E-state index in [0.29, 0.717) is 19.5 Å². The molecule has 1 aromatic rings. The van der Waals surface area contributed by atoms with Crippen molar-refractivity contribution in [1.29, 1.82) is 0 Å². The molecule has 0 aromatic heterocycles. The molecule has 1 aromatic carbocycles.